The minimum atomic E-state index is -1.00. The first-order valence-electron chi connectivity index (χ1n) is 5.12. The average molecular weight is 231 g/mol. The molecule has 0 spiro atoms. The maximum absolute atomic E-state index is 11.8. The number of carbonyl (C=O) groups is 2. The smallest absolute Gasteiger partial charge is 0.326 e. The lowest BCUT2D eigenvalue weighted by Crippen LogP contribution is -2.47. The SMILES string of the molecule is CC(C(=O)O)N(C)C(=O)N(C)CCN(C)C. The van der Waals surface area contributed by atoms with Crippen LogP contribution in [0, 0.1) is 0 Å². The van der Waals surface area contributed by atoms with Gasteiger partial charge in [0.15, 0.2) is 0 Å². The number of carboxylic acids is 1. The third kappa shape index (κ3) is 4.48. The molecular weight excluding hydrogens is 210 g/mol. The van der Waals surface area contributed by atoms with Crippen LogP contribution in [0.4, 0.5) is 4.79 Å². The van der Waals surface area contributed by atoms with E-state index in [-0.39, 0.29) is 6.03 Å². The van der Waals surface area contributed by atoms with Gasteiger partial charge in [0.05, 0.1) is 0 Å². The number of carboxylic acid groups (broad SMARTS) is 1. The van der Waals surface area contributed by atoms with Crippen molar-refractivity contribution in [2.24, 2.45) is 0 Å². The molecule has 0 aromatic rings. The third-order valence-electron chi connectivity index (χ3n) is 2.45. The molecule has 0 bridgehead atoms. The van der Waals surface area contributed by atoms with Gasteiger partial charge >= 0.3 is 12.0 Å². The first-order chi connectivity index (χ1) is 7.27. The number of carbonyl (C=O) groups excluding carboxylic acids is 1. The van der Waals surface area contributed by atoms with Crippen LogP contribution in [0.1, 0.15) is 6.92 Å². The highest BCUT2D eigenvalue weighted by molar-refractivity contribution is 5.82. The van der Waals surface area contributed by atoms with Crippen molar-refractivity contribution in [3.05, 3.63) is 0 Å². The molecule has 94 valence electrons. The number of rotatable bonds is 5. The van der Waals surface area contributed by atoms with Gasteiger partial charge in [0.25, 0.3) is 0 Å². The number of amides is 2. The number of likely N-dealkylation sites (N-methyl/N-ethyl adjacent to an activating group) is 3. The minimum Gasteiger partial charge on any atom is -0.480 e. The Hall–Kier alpha value is -1.30. The summed E-state index contributed by atoms with van der Waals surface area (Å²) in [6, 6.07) is -1.09. The van der Waals surface area contributed by atoms with Crippen molar-refractivity contribution < 1.29 is 14.7 Å². The van der Waals surface area contributed by atoms with E-state index in [1.54, 1.807) is 7.05 Å². The molecule has 0 saturated carbocycles. The van der Waals surface area contributed by atoms with Gasteiger partial charge in [-0.15, -0.1) is 0 Å². The van der Waals surface area contributed by atoms with Crippen molar-refractivity contribution in [3.63, 3.8) is 0 Å². The fourth-order valence-electron chi connectivity index (χ4n) is 1.05. The number of urea groups is 1. The van der Waals surface area contributed by atoms with E-state index in [0.717, 1.165) is 6.54 Å². The van der Waals surface area contributed by atoms with Gasteiger partial charge in [0.1, 0.15) is 6.04 Å². The van der Waals surface area contributed by atoms with E-state index >= 15 is 0 Å². The quantitative estimate of drug-likeness (QED) is 0.723. The molecule has 16 heavy (non-hydrogen) atoms. The van der Waals surface area contributed by atoms with Crippen LogP contribution in [-0.2, 0) is 4.79 Å². The summed E-state index contributed by atoms with van der Waals surface area (Å²) in [4.78, 5) is 27.2. The highest BCUT2D eigenvalue weighted by atomic mass is 16.4. The summed E-state index contributed by atoms with van der Waals surface area (Å²) in [5.74, 6) is -1.00. The van der Waals surface area contributed by atoms with Crippen LogP contribution in [-0.4, -0.2) is 79.1 Å². The monoisotopic (exact) mass is 231 g/mol. The molecule has 0 heterocycles. The maximum Gasteiger partial charge on any atom is 0.326 e. The molecule has 6 heteroatoms. The van der Waals surface area contributed by atoms with E-state index in [2.05, 4.69) is 0 Å². The van der Waals surface area contributed by atoms with Crippen LogP contribution >= 0.6 is 0 Å². The van der Waals surface area contributed by atoms with Gasteiger partial charge in [-0.1, -0.05) is 0 Å². The summed E-state index contributed by atoms with van der Waals surface area (Å²) in [6.45, 7) is 2.81. The zero-order chi connectivity index (χ0) is 12.9. The molecule has 0 aromatic heterocycles. The van der Waals surface area contributed by atoms with Crippen LogP contribution in [0.5, 0.6) is 0 Å². The van der Waals surface area contributed by atoms with Crippen molar-refractivity contribution in [3.8, 4) is 0 Å². The fourth-order valence-corrected chi connectivity index (χ4v) is 1.05. The number of hydrogen-bond acceptors (Lipinski definition) is 3. The Bertz CT molecular complexity index is 256. The Balaban J connectivity index is 4.26. The van der Waals surface area contributed by atoms with Crippen molar-refractivity contribution in [2.45, 2.75) is 13.0 Å². The standard InChI is InChI=1S/C10H21N3O3/c1-8(9(14)15)13(5)10(16)12(4)7-6-11(2)3/h8H,6-7H2,1-5H3,(H,14,15). The van der Waals surface area contributed by atoms with Gasteiger partial charge in [-0.3, -0.25) is 0 Å². The first-order valence-corrected chi connectivity index (χ1v) is 5.12. The summed E-state index contributed by atoms with van der Waals surface area (Å²) in [5.41, 5.74) is 0. The van der Waals surface area contributed by atoms with Crippen molar-refractivity contribution in [2.75, 3.05) is 41.3 Å². The van der Waals surface area contributed by atoms with Crippen LogP contribution < -0.4 is 0 Å². The van der Waals surface area contributed by atoms with E-state index in [4.69, 9.17) is 5.11 Å². The second-order valence-corrected chi connectivity index (χ2v) is 4.13. The summed E-state index contributed by atoms with van der Waals surface area (Å²) < 4.78 is 0. The van der Waals surface area contributed by atoms with Crippen molar-refractivity contribution in [1.82, 2.24) is 14.7 Å². The van der Waals surface area contributed by atoms with Gasteiger partial charge < -0.3 is 19.8 Å². The Morgan fingerprint density at radius 3 is 2.00 bits per heavy atom. The molecule has 0 rings (SSSR count). The predicted molar refractivity (Wildman–Crippen MR) is 61.4 cm³/mol. The Morgan fingerprint density at radius 1 is 1.12 bits per heavy atom. The van der Waals surface area contributed by atoms with Crippen LogP contribution in [0.25, 0.3) is 0 Å². The van der Waals surface area contributed by atoms with Gasteiger partial charge in [-0.25, -0.2) is 9.59 Å². The highest BCUT2D eigenvalue weighted by Gasteiger charge is 2.23. The largest absolute Gasteiger partial charge is 0.480 e. The lowest BCUT2D eigenvalue weighted by atomic mass is 10.3. The van der Waals surface area contributed by atoms with Gasteiger partial charge in [0.2, 0.25) is 0 Å². The highest BCUT2D eigenvalue weighted by Crippen LogP contribution is 2.00. The summed E-state index contributed by atoms with van der Waals surface area (Å²) >= 11 is 0. The summed E-state index contributed by atoms with van der Waals surface area (Å²) in [7, 11) is 6.99. The van der Waals surface area contributed by atoms with Crippen molar-refractivity contribution in [1.29, 1.82) is 0 Å². The van der Waals surface area contributed by atoms with E-state index in [9.17, 15) is 9.59 Å². The number of nitrogens with zero attached hydrogens (tertiary/aromatic N) is 3. The molecular formula is C10H21N3O3. The minimum absolute atomic E-state index is 0.281. The van der Waals surface area contributed by atoms with Crippen LogP contribution in [0.3, 0.4) is 0 Å². The van der Waals surface area contributed by atoms with E-state index in [0.29, 0.717) is 6.54 Å². The fraction of sp³-hybridized carbons (Fsp3) is 0.800. The molecule has 0 aliphatic rings. The average Bonchev–Trinajstić information content (AvgIpc) is 2.22. The topological polar surface area (TPSA) is 64.1 Å². The van der Waals surface area contributed by atoms with E-state index in [1.807, 2.05) is 19.0 Å². The molecule has 2 amide bonds. The molecule has 1 unspecified atom stereocenters. The first kappa shape index (κ1) is 14.7. The van der Waals surface area contributed by atoms with Crippen LogP contribution in [0.15, 0.2) is 0 Å². The van der Waals surface area contributed by atoms with Gasteiger partial charge in [0, 0.05) is 27.2 Å². The molecule has 6 nitrogen and oxygen atoms in total. The third-order valence-corrected chi connectivity index (χ3v) is 2.45. The number of aliphatic carboxylic acids is 1. The van der Waals surface area contributed by atoms with Gasteiger partial charge in [-0.2, -0.15) is 0 Å². The molecule has 1 atom stereocenters. The second kappa shape index (κ2) is 6.32. The lowest BCUT2D eigenvalue weighted by molar-refractivity contribution is -0.141. The van der Waals surface area contributed by atoms with Gasteiger partial charge in [-0.05, 0) is 21.0 Å². The number of hydrogen-bond donors (Lipinski definition) is 1. The lowest BCUT2D eigenvalue weighted by Gasteiger charge is -2.28. The summed E-state index contributed by atoms with van der Waals surface area (Å²) in [5, 5.41) is 8.78. The van der Waals surface area contributed by atoms with Crippen molar-refractivity contribution >= 4 is 12.0 Å². The predicted octanol–water partition coefficient (Wildman–Crippen LogP) is 0.00470. The maximum atomic E-state index is 11.8. The zero-order valence-corrected chi connectivity index (χ0v) is 10.6. The zero-order valence-electron chi connectivity index (χ0n) is 10.6. The molecule has 1 N–H and O–H groups in total. The normalized spacial score (nSPS) is 12.4. The molecule has 0 aromatic carbocycles. The molecule has 0 fully saturated rings. The molecule has 0 aliphatic heterocycles. The van der Waals surface area contributed by atoms with E-state index < -0.39 is 12.0 Å². The Kier molecular flexibility index (Phi) is 5.81. The molecule has 0 aliphatic carbocycles. The molecule has 0 saturated heterocycles. The van der Waals surface area contributed by atoms with E-state index in [1.165, 1.54) is 23.8 Å². The van der Waals surface area contributed by atoms with Crippen LogP contribution in [0.2, 0.25) is 0 Å². The Labute approximate surface area is 96.4 Å². The second-order valence-electron chi connectivity index (χ2n) is 4.13. The summed E-state index contributed by atoms with van der Waals surface area (Å²) in [6.07, 6.45) is 0. The molecule has 0 radical (unpaired) electrons. The Morgan fingerprint density at radius 2 is 1.62 bits per heavy atom.